The van der Waals surface area contributed by atoms with Crippen LogP contribution in [0.3, 0.4) is 0 Å². The van der Waals surface area contributed by atoms with Crippen LogP contribution in [0.1, 0.15) is 11.3 Å². The Morgan fingerprint density at radius 3 is 2.34 bits per heavy atom. The predicted molar refractivity (Wildman–Crippen MR) is 136 cm³/mol. The summed E-state index contributed by atoms with van der Waals surface area (Å²) in [6.45, 7) is 0. The molecule has 1 aliphatic rings. The van der Waals surface area contributed by atoms with E-state index in [9.17, 15) is 14.9 Å². The van der Waals surface area contributed by atoms with E-state index >= 15 is 0 Å². The van der Waals surface area contributed by atoms with Crippen molar-refractivity contribution in [1.82, 2.24) is 0 Å². The van der Waals surface area contributed by atoms with E-state index in [0.717, 1.165) is 5.01 Å². The number of furan rings is 1. The fourth-order valence-corrected chi connectivity index (χ4v) is 4.22. The van der Waals surface area contributed by atoms with Crippen LogP contribution >= 0.6 is 23.2 Å². The standard InChI is InChI=1S/C26H15Cl2N3O4/c27-18-11-17(12-19(28)13-18)24-10-9-22(35-24)15-23-25(16-5-2-1-3-6-16)29-30(26(23)32)20-7-4-8-21(14-20)31(33)34/h1-15H/b23-15-. The molecule has 1 aromatic heterocycles. The van der Waals surface area contributed by atoms with Crippen LogP contribution in [-0.4, -0.2) is 16.5 Å². The number of amides is 1. The molecule has 0 radical (unpaired) electrons. The van der Waals surface area contributed by atoms with E-state index in [1.807, 2.05) is 30.3 Å². The van der Waals surface area contributed by atoms with Crippen LogP contribution in [0.5, 0.6) is 0 Å². The molecule has 3 aromatic carbocycles. The van der Waals surface area contributed by atoms with Gasteiger partial charge in [-0.25, -0.2) is 0 Å². The molecule has 0 aliphatic carbocycles. The number of nitrogens with zero attached hydrogens (tertiary/aromatic N) is 3. The number of halogens is 2. The molecular weight excluding hydrogens is 489 g/mol. The topological polar surface area (TPSA) is 89.0 Å². The van der Waals surface area contributed by atoms with E-state index in [0.29, 0.717) is 38.4 Å². The number of benzene rings is 3. The number of carbonyl (C=O) groups is 1. The monoisotopic (exact) mass is 503 g/mol. The molecule has 9 heteroatoms. The molecule has 0 saturated heterocycles. The molecule has 0 atom stereocenters. The predicted octanol–water partition coefficient (Wildman–Crippen LogP) is 7.00. The summed E-state index contributed by atoms with van der Waals surface area (Å²) >= 11 is 12.2. The van der Waals surface area contributed by atoms with Crippen molar-refractivity contribution in [2.45, 2.75) is 0 Å². The lowest BCUT2D eigenvalue weighted by Gasteiger charge is -2.11. The number of non-ortho nitro benzene ring substituents is 1. The number of nitro benzene ring substituents is 1. The van der Waals surface area contributed by atoms with Crippen LogP contribution < -0.4 is 5.01 Å². The summed E-state index contributed by atoms with van der Waals surface area (Å²) in [5.74, 6) is 0.512. The minimum absolute atomic E-state index is 0.139. The maximum Gasteiger partial charge on any atom is 0.281 e. The number of carbonyl (C=O) groups excluding carboxylic acids is 1. The first-order valence-corrected chi connectivity index (χ1v) is 11.2. The number of hydrogen-bond donors (Lipinski definition) is 0. The number of hydrogen-bond acceptors (Lipinski definition) is 5. The maximum absolute atomic E-state index is 13.4. The van der Waals surface area contributed by atoms with Gasteiger partial charge in [0.2, 0.25) is 0 Å². The quantitative estimate of drug-likeness (QED) is 0.166. The van der Waals surface area contributed by atoms with Crippen LogP contribution in [-0.2, 0) is 4.79 Å². The van der Waals surface area contributed by atoms with Gasteiger partial charge in [0.1, 0.15) is 17.2 Å². The molecule has 1 aliphatic heterocycles. The molecule has 0 N–H and O–H groups in total. The average Bonchev–Trinajstić information content (AvgIpc) is 3.44. The number of hydrazone groups is 1. The van der Waals surface area contributed by atoms with Crippen molar-refractivity contribution in [3.63, 3.8) is 0 Å². The molecule has 35 heavy (non-hydrogen) atoms. The molecule has 0 bridgehead atoms. The first-order chi connectivity index (χ1) is 16.9. The largest absolute Gasteiger partial charge is 0.457 e. The third-order valence-corrected chi connectivity index (χ3v) is 5.71. The van der Waals surface area contributed by atoms with Crippen molar-refractivity contribution < 1.29 is 14.1 Å². The van der Waals surface area contributed by atoms with Crippen LogP contribution in [0.25, 0.3) is 17.4 Å². The number of nitro groups is 1. The van der Waals surface area contributed by atoms with Gasteiger partial charge in [-0.15, -0.1) is 0 Å². The summed E-state index contributed by atoms with van der Waals surface area (Å²) in [6, 6.07) is 23.5. The molecule has 2 heterocycles. The Bertz CT molecular complexity index is 1510. The Kier molecular flexibility index (Phi) is 5.94. The van der Waals surface area contributed by atoms with Gasteiger partial charge in [0, 0.05) is 33.3 Å². The molecule has 172 valence electrons. The smallest absolute Gasteiger partial charge is 0.281 e. The van der Waals surface area contributed by atoms with Gasteiger partial charge in [0.05, 0.1) is 16.2 Å². The fourth-order valence-electron chi connectivity index (χ4n) is 3.69. The van der Waals surface area contributed by atoms with E-state index in [1.165, 1.54) is 18.2 Å². The minimum Gasteiger partial charge on any atom is -0.457 e. The molecule has 1 amide bonds. The third kappa shape index (κ3) is 4.59. The first-order valence-electron chi connectivity index (χ1n) is 10.4. The fraction of sp³-hybridized carbons (Fsp3) is 0. The highest BCUT2D eigenvalue weighted by Crippen LogP contribution is 2.32. The highest BCUT2D eigenvalue weighted by atomic mass is 35.5. The summed E-state index contributed by atoms with van der Waals surface area (Å²) in [4.78, 5) is 24.1. The Hall–Kier alpha value is -4.20. The van der Waals surface area contributed by atoms with Crippen molar-refractivity contribution in [3.05, 3.63) is 122 Å². The maximum atomic E-state index is 13.4. The van der Waals surface area contributed by atoms with E-state index in [1.54, 1.807) is 42.5 Å². The summed E-state index contributed by atoms with van der Waals surface area (Å²) in [6.07, 6.45) is 1.60. The summed E-state index contributed by atoms with van der Waals surface area (Å²) < 4.78 is 5.96. The zero-order chi connectivity index (χ0) is 24.5. The van der Waals surface area contributed by atoms with Crippen molar-refractivity contribution in [3.8, 4) is 11.3 Å². The number of anilines is 1. The highest BCUT2D eigenvalue weighted by Gasteiger charge is 2.33. The second-order valence-electron chi connectivity index (χ2n) is 7.63. The van der Waals surface area contributed by atoms with E-state index in [2.05, 4.69) is 5.10 Å². The normalized spacial score (nSPS) is 14.5. The summed E-state index contributed by atoms with van der Waals surface area (Å²) in [5, 5.41) is 17.8. The van der Waals surface area contributed by atoms with Crippen molar-refractivity contribution in [2.24, 2.45) is 5.10 Å². The van der Waals surface area contributed by atoms with Crippen molar-refractivity contribution in [1.29, 1.82) is 0 Å². The van der Waals surface area contributed by atoms with E-state index in [4.69, 9.17) is 27.6 Å². The van der Waals surface area contributed by atoms with E-state index < -0.39 is 10.8 Å². The van der Waals surface area contributed by atoms with Gasteiger partial charge in [-0.3, -0.25) is 14.9 Å². The van der Waals surface area contributed by atoms with Crippen LogP contribution in [0.2, 0.25) is 10.0 Å². The van der Waals surface area contributed by atoms with Gasteiger partial charge in [-0.1, -0.05) is 59.6 Å². The average molecular weight is 504 g/mol. The van der Waals surface area contributed by atoms with Gasteiger partial charge in [0.15, 0.2) is 0 Å². The molecule has 0 unspecified atom stereocenters. The Balaban J connectivity index is 1.57. The Morgan fingerprint density at radius 1 is 0.886 bits per heavy atom. The van der Waals surface area contributed by atoms with Crippen LogP contribution in [0, 0.1) is 10.1 Å². The van der Waals surface area contributed by atoms with Crippen molar-refractivity contribution >= 4 is 52.3 Å². The lowest BCUT2D eigenvalue weighted by molar-refractivity contribution is -0.384. The highest BCUT2D eigenvalue weighted by molar-refractivity contribution is 6.37. The lowest BCUT2D eigenvalue weighted by atomic mass is 10.0. The second-order valence-corrected chi connectivity index (χ2v) is 8.50. The molecule has 0 spiro atoms. The van der Waals surface area contributed by atoms with Gasteiger partial charge < -0.3 is 4.42 Å². The van der Waals surface area contributed by atoms with Gasteiger partial charge in [0.25, 0.3) is 11.6 Å². The zero-order valence-corrected chi connectivity index (χ0v) is 19.4. The van der Waals surface area contributed by atoms with Gasteiger partial charge in [-0.2, -0.15) is 10.1 Å². The molecular formula is C26H15Cl2N3O4. The van der Waals surface area contributed by atoms with Crippen LogP contribution in [0.4, 0.5) is 11.4 Å². The molecule has 5 rings (SSSR count). The minimum atomic E-state index is -0.519. The number of rotatable bonds is 5. The summed E-state index contributed by atoms with van der Waals surface area (Å²) in [7, 11) is 0. The van der Waals surface area contributed by atoms with Crippen molar-refractivity contribution in [2.75, 3.05) is 5.01 Å². The summed E-state index contributed by atoms with van der Waals surface area (Å²) in [5.41, 5.74) is 2.27. The Labute approximate surface area is 209 Å². The molecule has 0 fully saturated rings. The SMILES string of the molecule is O=C1/C(=C\c2ccc(-c3cc(Cl)cc(Cl)c3)o2)C(c2ccccc2)=NN1c1cccc([N+](=O)[O-])c1. The molecule has 7 nitrogen and oxygen atoms in total. The molecule has 4 aromatic rings. The zero-order valence-electron chi connectivity index (χ0n) is 17.9. The first kappa shape index (κ1) is 22.6. The van der Waals surface area contributed by atoms with E-state index in [-0.39, 0.29) is 16.9 Å². The third-order valence-electron chi connectivity index (χ3n) is 5.27. The van der Waals surface area contributed by atoms with Crippen LogP contribution in [0.15, 0.2) is 100 Å². The Morgan fingerprint density at radius 2 is 1.63 bits per heavy atom. The van der Waals surface area contributed by atoms with Gasteiger partial charge >= 0.3 is 0 Å². The lowest BCUT2D eigenvalue weighted by Crippen LogP contribution is -2.21. The molecule has 0 saturated carbocycles. The van der Waals surface area contributed by atoms with Gasteiger partial charge in [-0.05, 0) is 42.5 Å². The second kappa shape index (κ2) is 9.21.